The molecule has 0 atom stereocenters. The van der Waals surface area contributed by atoms with Crippen LogP contribution in [0.2, 0.25) is 0 Å². The van der Waals surface area contributed by atoms with E-state index < -0.39 is 34.9 Å². The molecule has 0 aliphatic rings. The molecule has 2 aromatic rings. The molecule has 0 aromatic heterocycles. The molecule has 0 aliphatic heterocycles. The Labute approximate surface area is 105 Å². The van der Waals surface area contributed by atoms with Crippen molar-refractivity contribution in [1.29, 1.82) is 0 Å². The lowest BCUT2D eigenvalue weighted by atomic mass is 10.2. The summed E-state index contributed by atoms with van der Waals surface area (Å²) >= 11 is 0. The summed E-state index contributed by atoms with van der Waals surface area (Å²) in [4.78, 5) is 0. The molecule has 0 unspecified atom stereocenters. The van der Waals surface area contributed by atoms with Crippen LogP contribution >= 0.6 is 0 Å². The standard InChI is InChI=1S/C13H7F5O/c14-9-5-3-7-11(12(9)15)19-10-6-2-1-4-8(10)13(16,17)18/h1-7H. The largest absolute Gasteiger partial charge is 0.454 e. The van der Waals surface area contributed by atoms with Crippen LogP contribution in [0.3, 0.4) is 0 Å². The Morgan fingerprint density at radius 3 is 2.11 bits per heavy atom. The van der Waals surface area contributed by atoms with E-state index in [9.17, 15) is 22.0 Å². The first-order valence-corrected chi connectivity index (χ1v) is 5.17. The van der Waals surface area contributed by atoms with Crippen molar-refractivity contribution in [2.45, 2.75) is 6.18 Å². The zero-order chi connectivity index (χ0) is 14.0. The van der Waals surface area contributed by atoms with Gasteiger partial charge in [-0.2, -0.15) is 17.6 Å². The molecular weight excluding hydrogens is 267 g/mol. The highest BCUT2D eigenvalue weighted by Gasteiger charge is 2.34. The Balaban J connectivity index is 2.42. The molecule has 1 nitrogen and oxygen atoms in total. The lowest BCUT2D eigenvalue weighted by molar-refractivity contribution is -0.138. The lowest BCUT2D eigenvalue weighted by Gasteiger charge is -2.13. The molecule has 6 heteroatoms. The van der Waals surface area contributed by atoms with E-state index in [1.165, 1.54) is 12.1 Å². The Morgan fingerprint density at radius 2 is 1.42 bits per heavy atom. The normalized spacial score (nSPS) is 11.4. The van der Waals surface area contributed by atoms with Crippen LogP contribution in [0.1, 0.15) is 5.56 Å². The van der Waals surface area contributed by atoms with E-state index >= 15 is 0 Å². The molecule has 0 heterocycles. The summed E-state index contributed by atoms with van der Waals surface area (Å²) in [6.07, 6.45) is -4.64. The van der Waals surface area contributed by atoms with Crippen molar-refractivity contribution in [2.75, 3.05) is 0 Å². The van der Waals surface area contributed by atoms with Crippen molar-refractivity contribution < 1.29 is 26.7 Å². The molecule has 0 aliphatic carbocycles. The molecule has 0 fully saturated rings. The summed E-state index contributed by atoms with van der Waals surface area (Å²) in [5.74, 6) is -3.71. The van der Waals surface area contributed by atoms with Crippen LogP contribution < -0.4 is 4.74 Å². The summed E-state index contributed by atoms with van der Waals surface area (Å²) < 4.78 is 69.1. The van der Waals surface area contributed by atoms with E-state index in [2.05, 4.69) is 0 Å². The molecule has 0 radical (unpaired) electrons. The number of halogens is 5. The molecule has 19 heavy (non-hydrogen) atoms. The van der Waals surface area contributed by atoms with Crippen molar-refractivity contribution in [1.82, 2.24) is 0 Å². The van der Waals surface area contributed by atoms with Gasteiger partial charge in [0.25, 0.3) is 0 Å². The van der Waals surface area contributed by atoms with Gasteiger partial charge in [-0.1, -0.05) is 18.2 Å². The van der Waals surface area contributed by atoms with Crippen molar-refractivity contribution in [2.24, 2.45) is 0 Å². The first kappa shape index (κ1) is 13.3. The van der Waals surface area contributed by atoms with E-state index in [0.717, 1.165) is 30.3 Å². The molecule has 2 rings (SSSR count). The number of benzene rings is 2. The monoisotopic (exact) mass is 274 g/mol. The zero-order valence-electron chi connectivity index (χ0n) is 9.34. The first-order valence-electron chi connectivity index (χ1n) is 5.17. The van der Waals surface area contributed by atoms with Gasteiger partial charge in [0, 0.05) is 0 Å². The third kappa shape index (κ3) is 2.83. The maximum atomic E-state index is 13.3. The van der Waals surface area contributed by atoms with E-state index in [0.29, 0.717) is 0 Å². The second-order valence-electron chi connectivity index (χ2n) is 3.65. The van der Waals surface area contributed by atoms with Gasteiger partial charge in [-0.15, -0.1) is 0 Å². The third-order valence-corrected chi connectivity index (χ3v) is 2.33. The minimum atomic E-state index is -4.64. The zero-order valence-corrected chi connectivity index (χ0v) is 9.34. The smallest absolute Gasteiger partial charge is 0.419 e. The lowest BCUT2D eigenvalue weighted by Crippen LogP contribution is -2.07. The predicted molar refractivity (Wildman–Crippen MR) is 57.9 cm³/mol. The molecule has 100 valence electrons. The van der Waals surface area contributed by atoms with Crippen LogP contribution in [0.25, 0.3) is 0 Å². The van der Waals surface area contributed by atoms with Gasteiger partial charge in [-0.25, -0.2) is 4.39 Å². The molecule has 2 aromatic carbocycles. The van der Waals surface area contributed by atoms with Gasteiger partial charge < -0.3 is 4.74 Å². The maximum absolute atomic E-state index is 13.3. The highest BCUT2D eigenvalue weighted by atomic mass is 19.4. The van der Waals surface area contributed by atoms with Crippen LogP contribution in [0.4, 0.5) is 22.0 Å². The second-order valence-corrected chi connectivity index (χ2v) is 3.65. The maximum Gasteiger partial charge on any atom is 0.419 e. The predicted octanol–water partition coefficient (Wildman–Crippen LogP) is 4.78. The van der Waals surface area contributed by atoms with Gasteiger partial charge in [0.2, 0.25) is 5.82 Å². The quantitative estimate of drug-likeness (QED) is 0.716. The van der Waals surface area contributed by atoms with Crippen LogP contribution in [0.5, 0.6) is 11.5 Å². The number of hydrogen-bond acceptors (Lipinski definition) is 1. The Kier molecular flexibility index (Phi) is 3.42. The van der Waals surface area contributed by atoms with Crippen molar-refractivity contribution in [3.05, 3.63) is 59.7 Å². The van der Waals surface area contributed by atoms with Crippen LogP contribution in [0, 0.1) is 11.6 Å². The molecule has 0 amide bonds. The van der Waals surface area contributed by atoms with Crippen LogP contribution in [0.15, 0.2) is 42.5 Å². The average Bonchev–Trinajstić information content (AvgIpc) is 2.34. The van der Waals surface area contributed by atoms with Gasteiger partial charge in [-0.05, 0) is 24.3 Å². The summed E-state index contributed by atoms with van der Waals surface area (Å²) in [7, 11) is 0. The Bertz CT molecular complexity index is 592. The van der Waals surface area contributed by atoms with Gasteiger partial charge in [0.1, 0.15) is 5.75 Å². The van der Waals surface area contributed by atoms with Gasteiger partial charge in [0.05, 0.1) is 5.56 Å². The Morgan fingerprint density at radius 1 is 0.789 bits per heavy atom. The summed E-state index contributed by atoms with van der Waals surface area (Å²) in [5.41, 5.74) is -1.06. The molecule has 0 saturated heterocycles. The summed E-state index contributed by atoms with van der Waals surface area (Å²) in [5, 5.41) is 0. The van der Waals surface area contributed by atoms with Gasteiger partial charge in [0.15, 0.2) is 11.6 Å². The molecular formula is C13H7F5O. The van der Waals surface area contributed by atoms with E-state index in [-0.39, 0.29) is 0 Å². The van der Waals surface area contributed by atoms with Crippen molar-refractivity contribution in [3.63, 3.8) is 0 Å². The highest BCUT2D eigenvalue weighted by molar-refractivity contribution is 5.40. The molecule has 0 spiro atoms. The number of para-hydroxylation sites is 1. The van der Waals surface area contributed by atoms with E-state index in [1.54, 1.807) is 0 Å². The molecule has 0 bridgehead atoms. The van der Waals surface area contributed by atoms with Gasteiger partial charge >= 0.3 is 6.18 Å². The van der Waals surface area contributed by atoms with E-state index in [1.807, 2.05) is 0 Å². The second kappa shape index (κ2) is 4.87. The van der Waals surface area contributed by atoms with Crippen molar-refractivity contribution in [3.8, 4) is 11.5 Å². The fourth-order valence-corrected chi connectivity index (χ4v) is 1.47. The fraction of sp³-hybridized carbons (Fsp3) is 0.0769. The topological polar surface area (TPSA) is 9.23 Å². The van der Waals surface area contributed by atoms with Crippen LogP contribution in [-0.4, -0.2) is 0 Å². The number of hydrogen-bond donors (Lipinski definition) is 0. The van der Waals surface area contributed by atoms with Gasteiger partial charge in [-0.3, -0.25) is 0 Å². The van der Waals surface area contributed by atoms with Crippen LogP contribution in [-0.2, 0) is 6.18 Å². The number of ether oxygens (including phenoxy) is 1. The minimum absolute atomic E-state index is 0.584. The SMILES string of the molecule is Fc1cccc(Oc2ccccc2C(F)(F)F)c1F. The highest BCUT2D eigenvalue weighted by Crippen LogP contribution is 2.38. The van der Waals surface area contributed by atoms with E-state index in [4.69, 9.17) is 4.74 Å². The first-order chi connectivity index (χ1) is 8.89. The molecule has 0 saturated carbocycles. The third-order valence-electron chi connectivity index (χ3n) is 2.33. The summed E-state index contributed by atoms with van der Waals surface area (Å²) in [6.45, 7) is 0. The number of rotatable bonds is 2. The minimum Gasteiger partial charge on any atom is -0.454 e. The Hall–Kier alpha value is -2.11. The number of alkyl halides is 3. The average molecular weight is 274 g/mol. The molecule has 0 N–H and O–H groups in total. The summed E-state index contributed by atoms with van der Waals surface area (Å²) in [6, 6.07) is 7.35. The van der Waals surface area contributed by atoms with Crippen molar-refractivity contribution >= 4 is 0 Å². The fourth-order valence-electron chi connectivity index (χ4n) is 1.47.